The predicted molar refractivity (Wildman–Crippen MR) is 77.9 cm³/mol. The summed E-state index contributed by atoms with van der Waals surface area (Å²) >= 11 is 1.87. The van der Waals surface area contributed by atoms with E-state index in [9.17, 15) is 0 Å². The van der Waals surface area contributed by atoms with Gasteiger partial charge in [0.2, 0.25) is 5.52 Å². The molecule has 3 aromatic rings. The molecule has 0 saturated heterocycles. The molecule has 0 aliphatic rings. The molecule has 1 aromatic heterocycles. The second-order valence-corrected chi connectivity index (χ2v) is 5.78. The van der Waals surface area contributed by atoms with Crippen LogP contribution in [0.15, 0.2) is 42.5 Å². The number of fused-ring (bicyclic) bond motifs is 1. The largest absolute Gasteiger partial charge is 0.270 e. The zero-order chi connectivity index (χ0) is 12.7. The zero-order valence-electron chi connectivity index (χ0n) is 10.9. The summed E-state index contributed by atoms with van der Waals surface area (Å²) in [7, 11) is 2.15. The van der Waals surface area contributed by atoms with E-state index in [1.165, 1.54) is 31.9 Å². The summed E-state index contributed by atoms with van der Waals surface area (Å²) in [5.41, 5.74) is 5.29. The molecule has 0 unspecified atom stereocenters. The van der Waals surface area contributed by atoms with Gasteiger partial charge in [0.05, 0.1) is 5.56 Å². The molecule has 1 nitrogen and oxygen atoms in total. The molecule has 0 bridgehead atoms. The van der Waals surface area contributed by atoms with Gasteiger partial charge in [0.25, 0.3) is 5.01 Å². The van der Waals surface area contributed by atoms with Gasteiger partial charge >= 0.3 is 0 Å². The fourth-order valence-electron chi connectivity index (χ4n) is 2.31. The molecule has 0 saturated carbocycles. The van der Waals surface area contributed by atoms with Crippen LogP contribution in [0.1, 0.15) is 11.1 Å². The second kappa shape index (κ2) is 4.21. The third-order valence-electron chi connectivity index (χ3n) is 3.36. The average Bonchev–Trinajstić information content (AvgIpc) is 2.67. The van der Waals surface area contributed by atoms with Crippen molar-refractivity contribution < 1.29 is 4.57 Å². The topological polar surface area (TPSA) is 3.88 Å². The van der Waals surface area contributed by atoms with Crippen LogP contribution in [0.4, 0.5) is 0 Å². The lowest BCUT2D eigenvalue weighted by molar-refractivity contribution is -0.629. The summed E-state index contributed by atoms with van der Waals surface area (Å²) < 4.78 is 3.65. The van der Waals surface area contributed by atoms with Gasteiger partial charge in [-0.05, 0) is 37.1 Å². The number of nitrogens with zero attached hydrogens (tertiary/aromatic N) is 1. The number of hydrogen-bond donors (Lipinski definition) is 0. The minimum Gasteiger partial charge on any atom is -0.184 e. The van der Waals surface area contributed by atoms with Gasteiger partial charge in [0.15, 0.2) is 0 Å². The van der Waals surface area contributed by atoms with Gasteiger partial charge in [-0.15, -0.1) is 0 Å². The molecule has 3 rings (SSSR count). The van der Waals surface area contributed by atoms with Crippen LogP contribution in [0.3, 0.4) is 0 Å². The van der Waals surface area contributed by atoms with Gasteiger partial charge in [-0.2, -0.15) is 4.57 Å². The Labute approximate surface area is 111 Å². The predicted octanol–water partition coefficient (Wildman–Crippen LogP) is 4.01. The van der Waals surface area contributed by atoms with Gasteiger partial charge in [0.1, 0.15) is 11.7 Å². The van der Waals surface area contributed by atoms with Crippen LogP contribution in [0.2, 0.25) is 0 Å². The van der Waals surface area contributed by atoms with E-state index in [-0.39, 0.29) is 0 Å². The van der Waals surface area contributed by atoms with E-state index in [1.54, 1.807) is 0 Å². The Morgan fingerprint density at radius 1 is 1.00 bits per heavy atom. The highest BCUT2D eigenvalue weighted by molar-refractivity contribution is 7.21. The number of hydrogen-bond acceptors (Lipinski definition) is 1. The van der Waals surface area contributed by atoms with Gasteiger partial charge in [-0.3, -0.25) is 0 Å². The minimum absolute atomic E-state index is 1.31. The normalized spacial score (nSPS) is 11.1. The highest BCUT2D eigenvalue weighted by atomic mass is 32.1. The van der Waals surface area contributed by atoms with Crippen molar-refractivity contribution in [1.82, 2.24) is 0 Å². The number of aromatic nitrogens is 1. The fraction of sp³-hybridized carbons (Fsp3) is 0.188. The van der Waals surface area contributed by atoms with Gasteiger partial charge in [-0.25, -0.2) is 0 Å². The van der Waals surface area contributed by atoms with Crippen LogP contribution in [0.5, 0.6) is 0 Å². The van der Waals surface area contributed by atoms with E-state index in [1.807, 2.05) is 11.3 Å². The van der Waals surface area contributed by atoms with Crippen LogP contribution in [-0.4, -0.2) is 0 Å². The SMILES string of the molecule is Cc1ccc2c(c1)sc(-c1ccccc1C)[n+]2C. The van der Waals surface area contributed by atoms with Crippen molar-refractivity contribution in [2.75, 3.05) is 0 Å². The summed E-state index contributed by atoms with van der Waals surface area (Å²) in [5.74, 6) is 0. The molecular formula is C16H16NS+. The molecule has 0 amide bonds. The molecule has 0 spiro atoms. The van der Waals surface area contributed by atoms with Gasteiger partial charge in [0, 0.05) is 6.07 Å². The van der Waals surface area contributed by atoms with E-state index >= 15 is 0 Å². The molecule has 0 N–H and O–H groups in total. The highest BCUT2D eigenvalue weighted by Gasteiger charge is 2.19. The summed E-state index contributed by atoms with van der Waals surface area (Å²) in [6, 6.07) is 15.2. The van der Waals surface area contributed by atoms with Crippen LogP contribution < -0.4 is 4.57 Å². The number of benzene rings is 2. The number of thiazole rings is 1. The standard InChI is InChI=1S/C16H16NS/c1-11-8-9-14-15(10-11)18-16(17(14)3)13-7-5-4-6-12(13)2/h4-10H,1-3H3/q+1. The van der Waals surface area contributed by atoms with E-state index in [0.717, 1.165) is 0 Å². The molecule has 0 aliphatic carbocycles. The second-order valence-electron chi connectivity index (χ2n) is 4.75. The van der Waals surface area contributed by atoms with Crippen molar-refractivity contribution in [3.63, 3.8) is 0 Å². The quantitative estimate of drug-likeness (QED) is 0.578. The Morgan fingerprint density at radius 3 is 2.56 bits per heavy atom. The Balaban J connectivity index is 2.31. The van der Waals surface area contributed by atoms with Crippen molar-refractivity contribution >= 4 is 21.6 Å². The molecule has 2 heteroatoms. The molecular weight excluding hydrogens is 238 g/mol. The fourth-order valence-corrected chi connectivity index (χ4v) is 3.65. The van der Waals surface area contributed by atoms with Crippen molar-refractivity contribution in [2.45, 2.75) is 13.8 Å². The molecule has 0 fully saturated rings. The highest BCUT2D eigenvalue weighted by Crippen LogP contribution is 2.30. The minimum atomic E-state index is 1.31. The first-order valence-corrected chi connectivity index (χ1v) is 6.93. The van der Waals surface area contributed by atoms with Crippen molar-refractivity contribution in [2.24, 2.45) is 7.05 Å². The first-order chi connectivity index (χ1) is 8.66. The Kier molecular flexibility index (Phi) is 2.67. The Bertz CT molecular complexity index is 725. The van der Waals surface area contributed by atoms with Crippen LogP contribution in [0, 0.1) is 13.8 Å². The third kappa shape index (κ3) is 1.73. The van der Waals surface area contributed by atoms with E-state index in [2.05, 4.69) is 67.9 Å². The molecule has 18 heavy (non-hydrogen) atoms. The maximum atomic E-state index is 2.29. The Hall–Kier alpha value is -1.67. The third-order valence-corrected chi connectivity index (χ3v) is 4.60. The van der Waals surface area contributed by atoms with Crippen LogP contribution in [-0.2, 0) is 7.05 Å². The van der Waals surface area contributed by atoms with E-state index in [4.69, 9.17) is 0 Å². The van der Waals surface area contributed by atoms with E-state index < -0.39 is 0 Å². The van der Waals surface area contributed by atoms with Crippen LogP contribution >= 0.6 is 11.3 Å². The number of rotatable bonds is 1. The molecule has 2 aromatic carbocycles. The summed E-state index contributed by atoms with van der Waals surface area (Å²) in [4.78, 5) is 0. The first-order valence-electron chi connectivity index (χ1n) is 6.12. The maximum absolute atomic E-state index is 2.29. The van der Waals surface area contributed by atoms with Crippen molar-refractivity contribution in [3.05, 3.63) is 53.6 Å². The molecule has 0 atom stereocenters. The van der Waals surface area contributed by atoms with E-state index in [0.29, 0.717) is 0 Å². The lowest BCUT2D eigenvalue weighted by Gasteiger charge is -1.98. The molecule has 0 aliphatic heterocycles. The smallest absolute Gasteiger partial charge is 0.184 e. The molecule has 90 valence electrons. The van der Waals surface area contributed by atoms with Gasteiger partial charge < -0.3 is 0 Å². The number of aryl methyl sites for hydroxylation is 3. The maximum Gasteiger partial charge on any atom is 0.270 e. The average molecular weight is 254 g/mol. The lowest BCUT2D eigenvalue weighted by Crippen LogP contribution is -2.28. The first kappa shape index (κ1) is 11.4. The molecule has 0 radical (unpaired) electrons. The molecule has 1 heterocycles. The van der Waals surface area contributed by atoms with Crippen molar-refractivity contribution in [3.8, 4) is 10.6 Å². The zero-order valence-corrected chi connectivity index (χ0v) is 11.7. The van der Waals surface area contributed by atoms with Crippen molar-refractivity contribution in [1.29, 1.82) is 0 Å². The van der Waals surface area contributed by atoms with Gasteiger partial charge in [-0.1, -0.05) is 35.6 Å². The summed E-state index contributed by atoms with van der Waals surface area (Å²) in [6.45, 7) is 4.32. The summed E-state index contributed by atoms with van der Waals surface area (Å²) in [6.07, 6.45) is 0. The Morgan fingerprint density at radius 2 is 1.78 bits per heavy atom. The lowest BCUT2D eigenvalue weighted by atomic mass is 10.1. The van der Waals surface area contributed by atoms with Crippen LogP contribution in [0.25, 0.3) is 20.8 Å². The monoisotopic (exact) mass is 254 g/mol. The summed E-state index contributed by atoms with van der Waals surface area (Å²) in [5, 5.41) is 1.33.